The summed E-state index contributed by atoms with van der Waals surface area (Å²) in [5, 5.41) is 30.5. The van der Waals surface area contributed by atoms with Gasteiger partial charge in [-0.25, -0.2) is 4.79 Å². The third kappa shape index (κ3) is 3.30. The second-order valence-corrected chi connectivity index (χ2v) is 4.30. The van der Waals surface area contributed by atoms with Crippen LogP contribution in [0.2, 0.25) is 0 Å². The molecule has 2 N–H and O–H groups in total. The number of nitrogens with zero attached hydrogens (tertiary/aromatic N) is 3. The first-order chi connectivity index (χ1) is 9.99. The van der Waals surface area contributed by atoms with Crippen molar-refractivity contribution in [3.05, 3.63) is 57.4 Å². The van der Waals surface area contributed by atoms with Gasteiger partial charge in [0.1, 0.15) is 0 Å². The summed E-state index contributed by atoms with van der Waals surface area (Å²) in [5.41, 5.74) is 1.01. The molecule has 0 saturated carbocycles. The fourth-order valence-electron chi connectivity index (χ4n) is 1.81. The Morgan fingerprint density at radius 1 is 1.48 bits per heavy atom. The minimum atomic E-state index is -1.22. The Labute approximate surface area is 119 Å². The summed E-state index contributed by atoms with van der Waals surface area (Å²) < 4.78 is 0. The molecule has 0 aliphatic rings. The minimum absolute atomic E-state index is 0.144. The smallest absolute Gasteiger partial charge is 0.336 e. The van der Waals surface area contributed by atoms with Gasteiger partial charge in [-0.15, -0.1) is 0 Å². The summed E-state index contributed by atoms with van der Waals surface area (Å²) in [6, 6.07) is 5.87. The van der Waals surface area contributed by atoms with Crippen molar-refractivity contribution in [2.75, 3.05) is 5.32 Å². The van der Waals surface area contributed by atoms with Crippen molar-refractivity contribution >= 4 is 17.3 Å². The van der Waals surface area contributed by atoms with Gasteiger partial charge in [-0.2, -0.15) is 10.2 Å². The van der Waals surface area contributed by atoms with Gasteiger partial charge in [0, 0.05) is 23.5 Å². The lowest BCUT2D eigenvalue weighted by molar-refractivity contribution is -0.385. The topological polar surface area (TPSA) is 118 Å². The molecule has 0 spiro atoms. The van der Waals surface area contributed by atoms with E-state index in [-0.39, 0.29) is 17.8 Å². The predicted molar refractivity (Wildman–Crippen MR) is 74.2 cm³/mol. The van der Waals surface area contributed by atoms with Crippen LogP contribution >= 0.6 is 0 Å². The Morgan fingerprint density at radius 3 is 2.81 bits per heavy atom. The number of anilines is 1. The number of hydrogen-bond donors (Lipinski definition) is 2. The van der Waals surface area contributed by atoms with Crippen molar-refractivity contribution in [3.8, 4) is 0 Å². The lowest BCUT2D eigenvalue weighted by atomic mass is 10.1. The number of aromatic carboxylic acids is 1. The predicted octanol–water partition coefficient (Wildman–Crippen LogP) is 2.00. The van der Waals surface area contributed by atoms with Gasteiger partial charge < -0.3 is 10.4 Å². The van der Waals surface area contributed by atoms with Gasteiger partial charge in [0.2, 0.25) is 0 Å². The second kappa shape index (κ2) is 5.95. The van der Waals surface area contributed by atoms with Gasteiger partial charge in [-0.3, -0.25) is 10.1 Å². The maximum atomic E-state index is 11.0. The molecule has 0 amide bonds. The zero-order valence-corrected chi connectivity index (χ0v) is 11.1. The van der Waals surface area contributed by atoms with E-state index in [0.717, 1.165) is 6.07 Å². The van der Waals surface area contributed by atoms with Crippen LogP contribution < -0.4 is 5.32 Å². The van der Waals surface area contributed by atoms with E-state index in [2.05, 4.69) is 15.5 Å². The molecule has 0 aliphatic carbocycles. The molecule has 0 unspecified atom stereocenters. The molecule has 8 nitrogen and oxygen atoms in total. The average molecular weight is 288 g/mol. The molecule has 2 aromatic rings. The van der Waals surface area contributed by atoms with E-state index in [1.165, 1.54) is 12.3 Å². The number of carboxylic acids is 1. The van der Waals surface area contributed by atoms with Crippen molar-refractivity contribution in [1.29, 1.82) is 0 Å². The molecule has 21 heavy (non-hydrogen) atoms. The van der Waals surface area contributed by atoms with Gasteiger partial charge in [0.15, 0.2) is 0 Å². The van der Waals surface area contributed by atoms with Crippen LogP contribution in [0.4, 0.5) is 11.4 Å². The zero-order chi connectivity index (χ0) is 15.4. The summed E-state index contributed by atoms with van der Waals surface area (Å²) in [7, 11) is 0. The van der Waals surface area contributed by atoms with Crippen LogP contribution in [0.25, 0.3) is 0 Å². The third-order valence-electron chi connectivity index (χ3n) is 2.91. The lowest BCUT2D eigenvalue weighted by Gasteiger charge is -2.10. The molecule has 2 rings (SSSR count). The van der Waals surface area contributed by atoms with Gasteiger partial charge in [0.05, 0.1) is 22.7 Å². The summed E-state index contributed by atoms with van der Waals surface area (Å²) in [6.45, 7) is 1.84. The van der Waals surface area contributed by atoms with Crippen molar-refractivity contribution < 1.29 is 14.8 Å². The van der Waals surface area contributed by atoms with Gasteiger partial charge in [-0.05, 0) is 25.1 Å². The van der Waals surface area contributed by atoms with Crippen LogP contribution in [-0.2, 0) is 6.54 Å². The highest BCUT2D eigenvalue weighted by molar-refractivity contribution is 5.90. The minimum Gasteiger partial charge on any atom is -0.478 e. The number of nitro groups is 1. The first-order valence-electron chi connectivity index (χ1n) is 6.02. The van der Waals surface area contributed by atoms with Crippen LogP contribution in [0.3, 0.4) is 0 Å². The van der Waals surface area contributed by atoms with Crippen LogP contribution in [-0.4, -0.2) is 26.2 Å². The fraction of sp³-hybridized carbons (Fsp3) is 0.154. The number of benzene rings is 1. The highest BCUT2D eigenvalue weighted by atomic mass is 16.6. The van der Waals surface area contributed by atoms with Crippen LogP contribution in [0, 0.1) is 17.0 Å². The number of nitro benzene ring substituents is 1. The monoisotopic (exact) mass is 288 g/mol. The molecule has 0 bridgehead atoms. The lowest BCUT2D eigenvalue weighted by Crippen LogP contribution is -2.07. The normalized spacial score (nSPS) is 10.1. The van der Waals surface area contributed by atoms with E-state index in [1.54, 1.807) is 19.1 Å². The molecule has 1 aromatic carbocycles. The Bertz CT molecular complexity index is 688. The molecule has 0 atom stereocenters. The highest BCUT2D eigenvalue weighted by Crippen LogP contribution is 2.28. The first kappa shape index (κ1) is 14.4. The van der Waals surface area contributed by atoms with Gasteiger partial charge >= 0.3 is 5.97 Å². The van der Waals surface area contributed by atoms with E-state index in [0.29, 0.717) is 16.9 Å². The standard InChI is InChI=1S/C13H12N4O4/c1-8-11(14-7-10-3-2-4-15-16-10)5-9(13(18)19)6-12(8)17(20)21/h2-6,14H,7H2,1H3,(H,18,19). The molecular formula is C13H12N4O4. The molecule has 108 valence electrons. The molecule has 0 radical (unpaired) electrons. The Balaban J connectivity index is 2.33. The summed E-state index contributed by atoms with van der Waals surface area (Å²) in [5.74, 6) is -1.22. The fourth-order valence-corrected chi connectivity index (χ4v) is 1.81. The molecular weight excluding hydrogens is 276 g/mol. The number of rotatable bonds is 5. The maximum Gasteiger partial charge on any atom is 0.336 e. The molecule has 8 heteroatoms. The van der Waals surface area contributed by atoms with E-state index in [9.17, 15) is 14.9 Å². The molecule has 0 fully saturated rings. The Morgan fingerprint density at radius 2 is 2.24 bits per heavy atom. The van der Waals surface area contributed by atoms with Crippen molar-refractivity contribution in [1.82, 2.24) is 10.2 Å². The van der Waals surface area contributed by atoms with Crippen molar-refractivity contribution in [3.63, 3.8) is 0 Å². The summed E-state index contributed by atoms with van der Waals surface area (Å²) in [4.78, 5) is 21.4. The largest absolute Gasteiger partial charge is 0.478 e. The number of carboxylic acid groups (broad SMARTS) is 1. The van der Waals surface area contributed by atoms with Crippen molar-refractivity contribution in [2.45, 2.75) is 13.5 Å². The van der Waals surface area contributed by atoms with Gasteiger partial charge in [-0.1, -0.05) is 0 Å². The van der Waals surface area contributed by atoms with Crippen LogP contribution in [0.1, 0.15) is 21.6 Å². The summed E-state index contributed by atoms with van der Waals surface area (Å²) in [6.07, 6.45) is 1.53. The zero-order valence-electron chi connectivity index (χ0n) is 11.1. The molecule has 1 heterocycles. The number of aromatic nitrogens is 2. The molecule has 0 aliphatic heterocycles. The number of hydrogen-bond acceptors (Lipinski definition) is 6. The van der Waals surface area contributed by atoms with Crippen molar-refractivity contribution in [2.24, 2.45) is 0 Å². The summed E-state index contributed by atoms with van der Waals surface area (Å²) >= 11 is 0. The van der Waals surface area contributed by atoms with E-state index >= 15 is 0 Å². The Hall–Kier alpha value is -3.03. The maximum absolute atomic E-state index is 11.0. The quantitative estimate of drug-likeness (QED) is 0.638. The van der Waals surface area contributed by atoms with Crippen LogP contribution in [0.15, 0.2) is 30.5 Å². The van der Waals surface area contributed by atoms with E-state index in [1.807, 2.05) is 0 Å². The van der Waals surface area contributed by atoms with E-state index in [4.69, 9.17) is 5.11 Å². The second-order valence-electron chi connectivity index (χ2n) is 4.30. The van der Waals surface area contributed by atoms with Crippen LogP contribution in [0.5, 0.6) is 0 Å². The number of carbonyl (C=O) groups is 1. The average Bonchev–Trinajstić information content (AvgIpc) is 2.46. The molecule has 1 aromatic heterocycles. The number of nitrogens with one attached hydrogen (secondary N) is 1. The first-order valence-corrected chi connectivity index (χ1v) is 6.02. The molecule has 0 saturated heterocycles. The highest BCUT2D eigenvalue weighted by Gasteiger charge is 2.18. The van der Waals surface area contributed by atoms with Gasteiger partial charge in [0.25, 0.3) is 5.69 Å². The Kier molecular flexibility index (Phi) is 4.07. The van der Waals surface area contributed by atoms with E-state index < -0.39 is 10.9 Å². The third-order valence-corrected chi connectivity index (χ3v) is 2.91. The SMILES string of the molecule is Cc1c(NCc2cccnn2)cc(C(=O)O)cc1[N+](=O)[O-].